The number of piperidine rings is 1. The number of aromatic nitrogens is 5. The number of carbonyl (C=O) groups is 1. The van der Waals surface area contributed by atoms with Gasteiger partial charge in [-0.3, -0.25) is 9.78 Å². The molecule has 0 unspecified atom stereocenters. The molecule has 0 radical (unpaired) electrons. The lowest BCUT2D eigenvalue weighted by molar-refractivity contribution is 0.0630. The summed E-state index contributed by atoms with van der Waals surface area (Å²) in [5, 5.41) is 12.5. The Morgan fingerprint density at radius 3 is 2.82 bits per heavy atom. The highest BCUT2D eigenvalue weighted by Gasteiger charge is 2.27. The van der Waals surface area contributed by atoms with E-state index in [0.717, 1.165) is 0 Å². The number of likely N-dealkylation sites (tertiary alicyclic amines) is 1. The molecule has 0 spiro atoms. The number of ether oxygens (including phenoxy) is 1. The Balaban J connectivity index is 1.74. The highest BCUT2D eigenvalue weighted by atomic mass is 19.1. The summed E-state index contributed by atoms with van der Waals surface area (Å²) < 4.78 is 20.3. The standard InChI is InChI=1S/C19H19FN6O2/c1-28-18-8-7-17(22-23-18)26-16(14-6-2-3-9-21-14)11-15(24-26)19(27)25-10-4-5-13(20)12-25/h2-3,6-9,11,13H,4-5,10,12H2,1H3/t13-/m1/s1. The zero-order chi connectivity index (χ0) is 19.5. The first-order valence-electron chi connectivity index (χ1n) is 8.98. The quantitative estimate of drug-likeness (QED) is 0.688. The van der Waals surface area contributed by atoms with Gasteiger partial charge in [0.2, 0.25) is 5.88 Å². The number of pyridine rings is 1. The van der Waals surface area contributed by atoms with Crippen LogP contribution in [0.3, 0.4) is 0 Å². The Morgan fingerprint density at radius 2 is 2.14 bits per heavy atom. The van der Waals surface area contributed by atoms with E-state index in [1.165, 1.54) is 16.7 Å². The zero-order valence-electron chi connectivity index (χ0n) is 15.3. The monoisotopic (exact) mass is 382 g/mol. The molecular weight excluding hydrogens is 363 g/mol. The molecule has 0 aliphatic carbocycles. The normalized spacial score (nSPS) is 16.8. The average Bonchev–Trinajstić information content (AvgIpc) is 3.19. The topological polar surface area (TPSA) is 86.0 Å². The average molecular weight is 382 g/mol. The summed E-state index contributed by atoms with van der Waals surface area (Å²) in [4.78, 5) is 18.7. The van der Waals surface area contributed by atoms with Crippen molar-refractivity contribution >= 4 is 5.91 Å². The first-order chi connectivity index (χ1) is 13.7. The highest BCUT2D eigenvalue weighted by Crippen LogP contribution is 2.23. The molecule has 0 N–H and O–H groups in total. The maximum Gasteiger partial charge on any atom is 0.274 e. The third-order valence-electron chi connectivity index (χ3n) is 4.56. The van der Waals surface area contributed by atoms with Gasteiger partial charge in [-0.05, 0) is 37.1 Å². The molecule has 144 valence electrons. The summed E-state index contributed by atoms with van der Waals surface area (Å²) in [6, 6.07) is 10.5. The number of alkyl halides is 1. The Labute approximate surface area is 161 Å². The summed E-state index contributed by atoms with van der Waals surface area (Å²) in [5.41, 5.74) is 1.44. The maximum absolute atomic E-state index is 13.7. The maximum atomic E-state index is 13.7. The molecule has 3 aromatic heterocycles. The number of amides is 1. The minimum absolute atomic E-state index is 0.0902. The van der Waals surface area contributed by atoms with E-state index in [1.54, 1.807) is 30.5 Å². The fourth-order valence-corrected chi connectivity index (χ4v) is 3.16. The van der Waals surface area contributed by atoms with Gasteiger partial charge < -0.3 is 9.64 Å². The van der Waals surface area contributed by atoms with E-state index >= 15 is 0 Å². The summed E-state index contributed by atoms with van der Waals surface area (Å²) in [7, 11) is 1.50. The molecule has 3 aromatic rings. The second-order valence-corrected chi connectivity index (χ2v) is 6.47. The first-order valence-corrected chi connectivity index (χ1v) is 8.98. The number of halogens is 1. The molecule has 1 aliphatic rings. The first kappa shape index (κ1) is 18.0. The van der Waals surface area contributed by atoms with E-state index in [2.05, 4.69) is 20.3 Å². The van der Waals surface area contributed by atoms with Crippen molar-refractivity contribution in [3.8, 4) is 23.1 Å². The number of hydrogen-bond acceptors (Lipinski definition) is 6. The third kappa shape index (κ3) is 3.55. The molecule has 4 rings (SSSR count). The van der Waals surface area contributed by atoms with Gasteiger partial charge in [0.15, 0.2) is 11.5 Å². The van der Waals surface area contributed by atoms with Crippen molar-refractivity contribution in [3.05, 3.63) is 48.3 Å². The Morgan fingerprint density at radius 1 is 1.25 bits per heavy atom. The lowest BCUT2D eigenvalue weighted by Crippen LogP contribution is -2.40. The van der Waals surface area contributed by atoms with E-state index in [4.69, 9.17) is 4.74 Å². The SMILES string of the molecule is COc1ccc(-n2nc(C(=O)N3CCC[C@@H](F)C3)cc2-c2ccccn2)nn1. The van der Waals surface area contributed by atoms with E-state index < -0.39 is 6.17 Å². The molecule has 28 heavy (non-hydrogen) atoms. The highest BCUT2D eigenvalue weighted by molar-refractivity contribution is 5.93. The number of carbonyl (C=O) groups excluding carboxylic acids is 1. The smallest absolute Gasteiger partial charge is 0.274 e. The van der Waals surface area contributed by atoms with Crippen molar-refractivity contribution in [2.24, 2.45) is 0 Å². The molecule has 4 heterocycles. The van der Waals surface area contributed by atoms with Crippen LogP contribution in [-0.4, -0.2) is 62.1 Å². The fraction of sp³-hybridized carbons (Fsp3) is 0.316. The molecule has 9 heteroatoms. The molecule has 0 saturated carbocycles. The van der Waals surface area contributed by atoms with Crippen molar-refractivity contribution in [1.82, 2.24) is 29.9 Å². The van der Waals surface area contributed by atoms with Crippen molar-refractivity contribution in [1.29, 1.82) is 0 Å². The van der Waals surface area contributed by atoms with Gasteiger partial charge in [-0.15, -0.1) is 10.2 Å². The lowest BCUT2D eigenvalue weighted by atomic mass is 10.1. The summed E-state index contributed by atoms with van der Waals surface area (Å²) >= 11 is 0. The third-order valence-corrected chi connectivity index (χ3v) is 4.56. The number of hydrogen-bond donors (Lipinski definition) is 0. The van der Waals surface area contributed by atoms with Crippen LogP contribution in [0.1, 0.15) is 23.3 Å². The van der Waals surface area contributed by atoms with Gasteiger partial charge in [0.05, 0.1) is 25.0 Å². The van der Waals surface area contributed by atoms with E-state index in [9.17, 15) is 9.18 Å². The van der Waals surface area contributed by atoms with Gasteiger partial charge in [0.1, 0.15) is 6.17 Å². The lowest BCUT2D eigenvalue weighted by Gasteiger charge is -2.28. The number of nitrogens with zero attached hydrogens (tertiary/aromatic N) is 6. The molecule has 1 amide bonds. The van der Waals surface area contributed by atoms with Crippen molar-refractivity contribution in [3.63, 3.8) is 0 Å². The second kappa shape index (κ2) is 7.71. The molecule has 0 bridgehead atoms. The molecule has 0 aromatic carbocycles. The van der Waals surface area contributed by atoms with Crippen LogP contribution in [0.15, 0.2) is 42.6 Å². The van der Waals surface area contributed by atoms with Crippen LogP contribution < -0.4 is 4.74 Å². The van der Waals surface area contributed by atoms with Gasteiger partial charge in [-0.2, -0.15) is 5.10 Å². The Bertz CT molecular complexity index is 960. The van der Waals surface area contributed by atoms with Crippen molar-refractivity contribution < 1.29 is 13.9 Å². The summed E-state index contributed by atoms with van der Waals surface area (Å²) in [6.07, 6.45) is 1.79. The van der Waals surface area contributed by atoms with Crippen LogP contribution in [0.25, 0.3) is 17.2 Å². The van der Waals surface area contributed by atoms with Gasteiger partial charge in [0, 0.05) is 18.8 Å². The van der Waals surface area contributed by atoms with Crippen LogP contribution in [0, 0.1) is 0 Å². The Hall–Kier alpha value is -3.36. The fourth-order valence-electron chi connectivity index (χ4n) is 3.16. The van der Waals surface area contributed by atoms with Crippen LogP contribution in [0.2, 0.25) is 0 Å². The van der Waals surface area contributed by atoms with Crippen LogP contribution in [0.5, 0.6) is 5.88 Å². The zero-order valence-corrected chi connectivity index (χ0v) is 15.3. The summed E-state index contributed by atoms with van der Waals surface area (Å²) in [6.45, 7) is 0.611. The predicted octanol–water partition coefficient (Wildman–Crippen LogP) is 2.31. The molecule has 1 fully saturated rings. The number of rotatable bonds is 4. The Kier molecular flexibility index (Phi) is 4.96. The van der Waals surface area contributed by atoms with E-state index in [-0.39, 0.29) is 18.1 Å². The van der Waals surface area contributed by atoms with Crippen molar-refractivity contribution in [2.45, 2.75) is 19.0 Å². The van der Waals surface area contributed by atoms with Gasteiger partial charge >= 0.3 is 0 Å². The molecular formula is C19H19FN6O2. The predicted molar refractivity (Wildman–Crippen MR) is 99.0 cm³/mol. The van der Waals surface area contributed by atoms with E-state index in [1.807, 2.05) is 12.1 Å². The largest absolute Gasteiger partial charge is 0.480 e. The summed E-state index contributed by atoms with van der Waals surface area (Å²) in [5.74, 6) is 0.483. The van der Waals surface area contributed by atoms with Crippen LogP contribution >= 0.6 is 0 Å². The molecule has 1 saturated heterocycles. The minimum atomic E-state index is -0.998. The number of methoxy groups -OCH3 is 1. The van der Waals surface area contributed by atoms with Gasteiger partial charge in [-0.1, -0.05) is 6.07 Å². The second-order valence-electron chi connectivity index (χ2n) is 6.47. The van der Waals surface area contributed by atoms with Crippen LogP contribution in [0.4, 0.5) is 4.39 Å². The molecule has 1 atom stereocenters. The van der Waals surface area contributed by atoms with E-state index in [0.29, 0.717) is 42.5 Å². The van der Waals surface area contributed by atoms with Crippen LogP contribution in [-0.2, 0) is 0 Å². The minimum Gasteiger partial charge on any atom is -0.480 e. The van der Waals surface area contributed by atoms with Gasteiger partial charge in [-0.25, -0.2) is 9.07 Å². The van der Waals surface area contributed by atoms with Gasteiger partial charge in [0.25, 0.3) is 5.91 Å². The van der Waals surface area contributed by atoms with Crippen molar-refractivity contribution in [2.75, 3.05) is 20.2 Å². The molecule has 8 nitrogen and oxygen atoms in total. The molecule has 1 aliphatic heterocycles.